The number of nitrogens with zero attached hydrogens (tertiary/aromatic N) is 2. The standard InChI is InChI=1S/C12H11ClN2O3/c1-6(12(16)17)10-7(13)5-14-8-3-4-9(18-2)15-11(8)10/h3-6H,1-2H3,(H,16,17). The van der Waals surface area contributed by atoms with Gasteiger partial charge in [0.05, 0.1) is 29.1 Å². The first-order valence-electron chi connectivity index (χ1n) is 5.26. The molecule has 2 rings (SSSR count). The van der Waals surface area contributed by atoms with Crippen molar-refractivity contribution in [3.8, 4) is 5.88 Å². The van der Waals surface area contributed by atoms with Crippen LogP contribution in [0.5, 0.6) is 5.88 Å². The minimum Gasteiger partial charge on any atom is -0.481 e. The highest BCUT2D eigenvalue weighted by Gasteiger charge is 2.21. The largest absolute Gasteiger partial charge is 0.481 e. The molecule has 5 nitrogen and oxygen atoms in total. The second-order valence-electron chi connectivity index (χ2n) is 3.80. The van der Waals surface area contributed by atoms with Crippen molar-refractivity contribution in [2.45, 2.75) is 12.8 Å². The first-order chi connectivity index (χ1) is 8.54. The fourth-order valence-corrected chi connectivity index (χ4v) is 2.00. The van der Waals surface area contributed by atoms with Gasteiger partial charge in [-0.3, -0.25) is 9.78 Å². The summed E-state index contributed by atoms with van der Waals surface area (Å²) in [6, 6.07) is 3.38. The van der Waals surface area contributed by atoms with Gasteiger partial charge in [-0.15, -0.1) is 0 Å². The van der Waals surface area contributed by atoms with Crippen LogP contribution in [0.1, 0.15) is 18.4 Å². The van der Waals surface area contributed by atoms with E-state index in [1.54, 1.807) is 19.1 Å². The SMILES string of the molecule is COc1ccc2ncc(Cl)c(C(C)C(=O)O)c2n1. The maximum atomic E-state index is 11.1. The van der Waals surface area contributed by atoms with Crippen molar-refractivity contribution in [1.82, 2.24) is 9.97 Å². The van der Waals surface area contributed by atoms with E-state index in [2.05, 4.69) is 9.97 Å². The summed E-state index contributed by atoms with van der Waals surface area (Å²) < 4.78 is 5.03. The second kappa shape index (κ2) is 4.78. The van der Waals surface area contributed by atoms with Gasteiger partial charge in [-0.1, -0.05) is 11.6 Å². The van der Waals surface area contributed by atoms with E-state index in [0.29, 0.717) is 22.5 Å². The molecule has 2 heterocycles. The molecule has 0 spiro atoms. The third-order valence-corrected chi connectivity index (χ3v) is 2.99. The monoisotopic (exact) mass is 266 g/mol. The predicted molar refractivity (Wildman–Crippen MR) is 67.2 cm³/mol. The van der Waals surface area contributed by atoms with E-state index in [9.17, 15) is 4.79 Å². The molecule has 6 heteroatoms. The number of pyridine rings is 2. The number of carboxylic acids is 1. The van der Waals surface area contributed by atoms with Crippen molar-refractivity contribution in [3.05, 3.63) is 28.9 Å². The van der Waals surface area contributed by atoms with Crippen LogP contribution in [0.25, 0.3) is 11.0 Å². The smallest absolute Gasteiger partial charge is 0.310 e. The number of fused-ring (bicyclic) bond motifs is 1. The highest BCUT2D eigenvalue weighted by atomic mass is 35.5. The third-order valence-electron chi connectivity index (χ3n) is 2.69. The van der Waals surface area contributed by atoms with Gasteiger partial charge in [-0.05, 0) is 13.0 Å². The van der Waals surface area contributed by atoms with E-state index >= 15 is 0 Å². The van der Waals surface area contributed by atoms with Crippen LogP contribution < -0.4 is 4.74 Å². The van der Waals surface area contributed by atoms with Crippen LogP contribution in [0, 0.1) is 0 Å². The summed E-state index contributed by atoms with van der Waals surface area (Å²) in [7, 11) is 1.49. The van der Waals surface area contributed by atoms with Gasteiger partial charge < -0.3 is 9.84 Å². The van der Waals surface area contributed by atoms with Gasteiger partial charge in [0.1, 0.15) is 0 Å². The molecule has 0 saturated carbocycles. The summed E-state index contributed by atoms with van der Waals surface area (Å²) in [6.07, 6.45) is 1.44. The summed E-state index contributed by atoms with van der Waals surface area (Å²) in [4.78, 5) is 19.5. The minimum absolute atomic E-state index is 0.290. The molecule has 0 aliphatic rings. The Morgan fingerprint density at radius 1 is 1.50 bits per heavy atom. The first-order valence-corrected chi connectivity index (χ1v) is 5.64. The van der Waals surface area contributed by atoms with Gasteiger partial charge in [0.15, 0.2) is 0 Å². The van der Waals surface area contributed by atoms with Crippen molar-refractivity contribution in [2.24, 2.45) is 0 Å². The molecule has 0 fully saturated rings. The fourth-order valence-electron chi connectivity index (χ4n) is 1.69. The van der Waals surface area contributed by atoms with Crippen LogP contribution >= 0.6 is 11.6 Å². The molecule has 2 aromatic rings. The fraction of sp³-hybridized carbons (Fsp3) is 0.250. The molecule has 0 aromatic carbocycles. The topological polar surface area (TPSA) is 72.3 Å². The van der Waals surface area contributed by atoms with Crippen LogP contribution in [0.4, 0.5) is 0 Å². The van der Waals surface area contributed by atoms with Gasteiger partial charge in [0, 0.05) is 17.8 Å². The molecule has 0 amide bonds. The van der Waals surface area contributed by atoms with Gasteiger partial charge in [0.25, 0.3) is 0 Å². The number of ether oxygens (including phenoxy) is 1. The highest BCUT2D eigenvalue weighted by molar-refractivity contribution is 6.32. The number of halogens is 1. The van der Waals surface area contributed by atoms with Crippen LogP contribution in [0.3, 0.4) is 0 Å². The first kappa shape index (κ1) is 12.6. The second-order valence-corrected chi connectivity index (χ2v) is 4.21. The van der Waals surface area contributed by atoms with E-state index in [0.717, 1.165) is 0 Å². The Balaban J connectivity index is 2.75. The molecule has 94 valence electrons. The molecular weight excluding hydrogens is 256 g/mol. The zero-order chi connectivity index (χ0) is 13.3. The number of aromatic nitrogens is 2. The summed E-state index contributed by atoms with van der Waals surface area (Å²) in [6.45, 7) is 1.56. The number of hydrogen-bond acceptors (Lipinski definition) is 4. The van der Waals surface area contributed by atoms with Gasteiger partial charge in [-0.25, -0.2) is 4.98 Å². The molecule has 2 aromatic heterocycles. The molecule has 1 unspecified atom stereocenters. The number of carbonyl (C=O) groups is 1. The van der Waals surface area contributed by atoms with E-state index < -0.39 is 11.9 Å². The maximum absolute atomic E-state index is 11.1. The number of hydrogen-bond donors (Lipinski definition) is 1. The van der Waals surface area contributed by atoms with Crippen LogP contribution in [-0.2, 0) is 4.79 Å². The van der Waals surface area contributed by atoms with Gasteiger partial charge >= 0.3 is 5.97 Å². The molecule has 0 aliphatic carbocycles. The zero-order valence-electron chi connectivity index (χ0n) is 9.85. The molecule has 0 saturated heterocycles. The summed E-state index contributed by atoms with van der Waals surface area (Å²) in [5.41, 5.74) is 1.49. The van der Waals surface area contributed by atoms with Crippen molar-refractivity contribution >= 4 is 28.6 Å². The molecule has 18 heavy (non-hydrogen) atoms. The van der Waals surface area contributed by atoms with Crippen molar-refractivity contribution in [3.63, 3.8) is 0 Å². The summed E-state index contributed by atoms with van der Waals surface area (Å²) >= 11 is 6.03. The van der Waals surface area contributed by atoms with Crippen LogP contribution in [0.15, 0.2) is 18.3 Å². The van der Waals surface area contributed by atoms with E-state index in [-0.39, 0.29) is 5.02 Å². The van der Waals surface area contributed by atoms with Crippen molar-refractivity contribution < 1.29 is 14.6 Å². The summed E-state index contributed by atoms with van der Waals surface area (Å²) in [5, 5.41) is 9.40. The maximum Gasteiger partial charge on any atom is 0.310 e. The minimum atomic E-state index is -0.964. The Labute approximate surface area is 108 Å². The Bertz CT molecular complexity index is 616. The van der Waals surface area contributed by atoms with Gasteiger partial charge in [0.2, 0.25) is 5.88 Å². The Morgan fingerprint density at radius 3 is 2.83 bits per heavy atom. The molecule has 1 atom stereocenters. The molecular formula is C12H11ClN2O3. The number of methoxy groups -OCH3 is 1. The predicted octanol–water partition coefficient (Wildman–Crippen LogP) is 2.48. The van der Waals surface area contributed by atoms with Gasteiger partial charge in [-0.2, -0.15) is 0 Å². The summed E-state index contributed by atoms with van der Waals surface area (Å²) in [5.74, 6) is -1.33. The zero-order valence-corrected chi connectivity index (χ0v) is 10.6. The Morgan fingerprint density at radius 2 is 2.22 bits per heavy atom. The lowest BCUT2D eigenvalue weighted by molar-refractivity contribution is -0.138. The molecule has 1 N–H and O–H groups in total. The van der Waals surface area contributed by atoms with E-state index in [4.69, 9.17) is 21.4 Å². The van der Waals surface area contributed by atoms with E-state index in [1.807, 2.05) is 0 Å². The average molecular weight is 267 g/mol. The quantitative estimate of drug-likeness (QED) is 0.924. The van der Waals surface area contributed by atoms with Crippen LogP contribution in [0.2, 0.25) is 5.02 Å². The average Bonchev–Trinajstić information content (AvgIpc) is 2.37. The molecule has 0 aliphatic heterocycles. The number of aliphatic carboxylic acids is 1. The lowest BCUT2D eigenvalue weighted by Crippen LogP contribution is -2.09. The normalized spacial score (nSPS) is 12.4. The van der Waals surface area contributed by atoms with Crippen molar-refractivity contribution in [1.29, 1.82) is 0 Å². The Hall–Kier alpha value is -1.88. The highest BCUT2D eigenvalue weighted by Crippen LogP contribution is 2.31. The van der Waals surface area contributed by atoms with E-state index in [1.165, 1.54) is 13.3 Å². The Kier molecular flexibility index (Phi) is 3.34. The lowest BCUT2D eigenvalue weighted by Gasteiger charge is -2.12. The van der Waals surface area contributed by atoms with Crippen LogP contribution in [-0.4, -0.2) is 28.2 Å². The molecule has 0 radical (unpaired) electrons. The number of carboxylic acid groups (broad SMARTS) is 1. The van der Waals surface area contributed by atoms with Crippen molar-refractivity contribution in [2.75, 3.05) is 7.11 Å². The molecule has 0 bridgehead atoms. The number of rotatable bonds is 3. The lowest BCUT2D eigenvalue weighted by atomic mass is 10.0. The third kappa shape index (κ3) is 2.09.